The number of benzene rings is 1. The van der Waals surface area contributed by atoms with Crippen molar-refractivity contribution in [2.75, 3.05) is 0 Å². The second-order valence-electron chi connectivity index (χ2n) is 4.05. The van der Waals surface area contributed by atoms with Crippen LogP contribution in [0, 0.1) is 6.92 Å². The summed E-state index contributed by atoms with van der Waals surface area (Å²) in [5.74, 6) is 0.993. The molecule has 0 bridgehead atoms. The van der Waals surface area contributed by atoms with E-state index >= 15 is 0 Å². The van der Waals surface area contributed by atoms with Gasteiger partial charge in [-0.2, -0.15) is 4.98 Å². The minimum absolute atomic E-state index is 0.295. The maximum atomic E-state index is 5.89. The Morgan fingerprint density at radius 3 is 3.06 bits per heavy atom. The maximum Gasteiger partial charge on any atom is 0.244 e. The van der Waals surface area contributed by atoms with Crippen LogP contribution in [-0.4, -0.2) is 10.1 Å². The molecule has 1 aromatic heterocycles. The van der Waals surface area contributed by atoms with Crippen LogP contribution in [0.5, 0.6) is 0 Å². The number of nitrogens with zero attached hydrogens (tertiary/aromatic N) is 2. The summed E-state index contributed by atoms with van der Waals surface area (Å²) in [7, 11) is 0. The molecule has 94 valence electrons. The molecule has 0 aliphatic heterocycles. The molecule has 2 aromatic rings. The van der Waals surface area contributed by atoms with E-state index in [4.69, 9.17) is 10.3 Å². The standard InChI is InChI=1S/C13H14BrN3O/c1-3-4-11(15)13-16-12(17-18-13)10-7-9(14)6-5-8(10)2/h3,5-7,11H,1,4,15H2,2H3. The quantitative estimate of drug-likeness (QED) is 0.879. The topological polar surface area (TPSA) is 64.9 Å². The number of halogens is 1. The zero-order valence-corrected chi connectivity index (χ0v) is 11.6. The molecule has 1 unspecified atom stereocenters. The number of rotatable bonds is 4. The van der Waals surface area contributed by atoms with Crippen LogP contribution in [0.15, 0.2) is 39.8 Å². The summed E-state index contributed by atoms with van der Waals surface area (Å²) in [4.78, 5) is 4.33. The molecule has 0 spiro atoms. The fourth-order valence-electron chi connectivity index (χ4n) is 1.61. The molecule has 1 heterocycles. The molecule has 1 atom stereocenters. The van der Waals surface area contributed by atoms with Crippen LogP contribution in [-0.2, 0) is 0 Å². The molecule has 0 fully saturated rings. The van der Waals surface area contributed by atoms with E-state index in [1.807, 2.05) is 25.1 Å². The molecule has 0 amide bonds. The summed E-state index contributed by atoms with van der Waals surface area (Å²) < 4.78 is 6.16. The fraction of sp³-hybridized carbons (Fsp3) is 0.231. The lowest BCUT2D eigenvalue weighted by molar-refractivity contribution is 0.356. The van der Waals surface area contributed by atoms with Crippen molar-refractivity contribution in [1.82, 2.24) is 10.1 Å². The van der Waals surface area contributed by atoms with Crippen molar-refractivity contribution in [2.45, 2.75) is 19.4 Å². The normalized spacial score (nSPS) is 12.4. The van der Waals surface area contributed by atoms with E-state index in [0.717, 1.165) is 15.6 Å². The maximum absolute atomic E-state index is 5.89. The third-order valence-corrected chi connectivity index (χ3v) is 3.11. The molecule has 0 aliphatic carbocycles. The first kappa shape index (κ1) is 13.0. The van der Waals surface area contributed by atoms with E-state index in [2.05, 4.69) is 32.6 Å². The van der Waals surface area contributed by atoms with Crippen molar-refractivity contribution in [3.05, 3.63) is 46.8 Å². The van der Waals surface area contributed by atoms with E-state index in [1.54, 1.807) is 6.08 Å². The van der Waals surface area contributed by atoms with Crippen LogP contribution in [0.4, 0.5) is 0 Å². The Morgan fingerprint density at radius 1 is 1.56 bits per heavy atom. The SMILES string of the molecule is C=CCC(N)c1nc(-c2cc(Br)ccc2C)no1. The van der Waals surface area contributed by atoms with Crippen LogP contribution in [0.2, 0.25) is 0 Å². The summed E-state index contributed by atoms with van der Waals surface area (Å²) >= 11 is 3.43. The molecule has 0 saturated carbocycles. The Morgan fingerprint density at radius 2 is 2.33 bits per heavy atom. The summed E-state index contributed by atoms with van der Waals surface area (Å²) in [6, 6.07) is 5.64. The number of aryl methyl sites for hydroxylation is 1. The molecule has 18 heavy (non-hydrogen) atoms. The predicted molar refractivity (Wildman–Crippen MR) is 73.9 cm³/mol. The molecular weight excluding hydrogens is 294 g/mol. The summed E-state index contributed by atoms with van der Waals surface area (Å²) in [6.07, 6.45) is 2.35. The molecule has 0 saturated heterocycles. The lowest BCUT2D eigenvalue weighted by Gasteiger charge is -2.02. The Balaban J connectivity index is 2.34. The monoisotopic (exact) mass is 307 g/mol. The van der Waals surface area contributed by atoms with E-state index < -0.39 is 0 Å². The van der Waals surface area contributed by atoms with Gasteiger partial charge in [0.1, 0.15) is 0 Å². The van der Waals surface area contributed by atoms with Crippen molar-refractivity contribution >= 4 is 15.9 Å². The highest BCUT2D eigenvalue weighted by Gasteiger charge is 2.15. The summed E-state index contributed by atoms with van der Waals surface area (Å²) in [5.41, 5.74) is 7.91. The van der Waals surface area contributed by atoms with Gasteiger partial charge in [0.25, 0.3) is 0 Å². The molecule has 0 aliphatic rings. The highest BCUT2D eigenvalue weighted by Crippen LogP contribution is 2.25. The first-order valence-corrected chi connectivity index (χ1v) is 6.37. The second-order valence-corrected chi connectivity index (χ2v) is 4.96. The van der Waals surface area contributed by atoms with Crippen molar-refractivity contribution in [2.24, 2.45) is 5.73 Å². The van der Waals surface area contributed by atoms with Gasteiger partial charge in [-0.25, -0.2) is 0 Å². The smallest absolute Gasteiger partial charge is 0.244 e. The average molecular weight is 308 g/mol. The van der Waals surface area contributed by atoms with Gasteiger partial charge in [0, 0.05) is 10.0 Å². The van der Waals surface area contributed by atoms with Crippen LogP contribution in [0.3, 0.4) is 0 Å². The minimum atomic E-state index is -0.295. The number of aromatic nitrogens is 2. The molecule has 5 heteroatoms. The van der Waals surface area contributed by atoms with Gasteiger partial charge in [-0.05, 0) is 31.0 Å². The molecule has 4 nitrogen and oxygen atoms in total. The van der Waals surface area contributed by atoms with Gasteiger partial charge >= 0.3 is 0 Å². The Hall–Kier alpha value is -1.46. The Kier molecular flexibility index (Phi) is 3.93. The average Bonchev–Trinajstić information content (AvgIpc) is 2.82. The first-order chi connectivity index (χ1) is 8.61. The van der Waals surface area contributed by atoms with Crippen LogP contribution < -0.4 is 5.73 Å². The molecule has 1 aromatic carbocycles. The Bertz CT molecular complexity index is 565. The number of nitrogens with two attached hydrogens (primary N) is 1. The fourth-order valence-corrected chi connectivity index (χ4v) is 1.97. The number of hydrogen-bond donors (Lipinski definition) is 1. The number of hydrogen-bond acceptors (Lipinski definition) is 4. The lowest BCUT2D eigenvalue weighted by atomic mass is 10.1. The van der Waals surface area contributed by atoms with Crippen molar-refractivity contribution < 1.29 is 4.52 Å². The van der Waals surface area contributed by atoms with Gasteiger partial charge < -0.3 is 10.3 Å². The third-order valence-electron chi connectivity index (χ3n) is 2.62. The minimum Gasteiger partial charge on any atom is -0.337 e. The highest BCUT2D eigenvalue weighted by atomic mass is 79.9. The largest absolute Gasteiger partial charge is 0.337 e. The van der Waals surface area contributed by atoms with Crippen molar-refractivity contribution in [3.8, 4) is 11.4 Å². The van der Waals surface area contributed by atoms with Gasteiger partial charge in [-0.15, -0.1) is 6.58 Å². The third kappa shape index (κ3) is 2.68. The highest BCUT2D eigenvalue weighted by molar-refractivity contribution is 9.10. The van der Waals surface area contributed by atoms with Gasteiger partial charge in [0.05, 0.1) is 6.04 Å². The summed E-state index contributed by atoms with van der Waals surface area (Å²) in [6.45, 7) is 5.64. The Labute approximate surface area is 114 Å². The van der Waals surface area contributed by atoms with E-state index in [9.17, 15) is 0 Å². The van der Waals surface area contributed by atoms with E-state index in [1.165, 1.54) is 0 Å². The first-order valence-electron chi connectivity index (χ1n) is 5.58. The van der Waals surface area contributed by atoms with Crippen LogP contribution in [0.1, 0.15) is 23.9 Å². The predicted octanol–water partition coefficient (Wildman–Crippen LogP) is 3.38. The molecule has 0 radical (unpaired) electrons. The zero-order valence-electron chi connectivity index (χ0n) is 10.1. The van der Waals surface area contributed by atoms with Gasteiger partial charge in [-0.3, -0.25) is 0 Å². The van der Waals surface area contributed by atoms with Crippen molar-refractivity contribution in [1.29, 1.82) is 0 Å². The van der Waals surface area contributed by atoms with Gasteiger partial charge in [-0.1, -0.05) is 33.2 Å². The lowest BCUT2D eigenvalue weighted by Crippen LogP contribution is -2.09. The molecule has 2 rings (SSSR count). The molecular formula is C13H14BrN3O. The molecule has 2 N–H and O–H groups in total. The van der Waals surface area contributed by atoms with Crippen LogP contribution in [0.25, 0.3) is 11.4 Å². The van der Waals surface area contributed by atoms with Crippen molar-refractivity contribution in [3.63, 3.8) is 0 Å². The zero-order chi connectivity index (χ0) is 13.1. The van der Waals surface area contributed by atoms with Gasteiger partial charge in [0.2, 0.25) is 11.7 Å². The van der Waals surface area contributed by atoms with E-state index in [-0.39, 0.29) is 6.04 Å². The van der Waals surface area contributed by atoms with Crippen LogP contribution >= 0.6 is 15.9 Å². The summed E-state index contributed by atoms with van der Waals surface area (Å²) in [5, 5.41) is 3.97. The van der Waals surface area contributed by atoms with E-state index in [0.29, 0.717) is 18.1 Å². The second kappa shape index (κ2) is 5.46. The van der Waals surface area contributed by atoms with Gasteiger partial charge in [0.15, 0.2) is 0 Å².